The van der Waals surface area contributed by atoms with E-state index < -0.39 is 10.0 Å². The molecule has 1 aromatic rings. The first-order chi connectivity index (χ1) is 8.41. The lowest BCUT2D eigenvalue weighted by molar-refractivity contribution is 0.569. The fourth-order valence-electron chi connectivity index (χ4n) is 2.38. The molecule has 1 aromatic carbocycles. The molecular weight excluding hydrogens is 250 g/mol. The lowest BCUT2D eigenvalue weighted by Gasteiger charge is -2.20. The summed E-state index contributed by atoms with van der Waals surface area (Å²) in [6.45, 7) is 4.13. The van der Waals surface area contributed by atoms with Gasteiger partial charge in [0, 0.05) is 13.1 Å². The van der Waals surface area contributed by atoms with Crippen LogP contribution in [-0.4, -0.2) is 21.5 Å². The first-order valence-corrected chi connectivity index (χ1v) is 7.63. The van der Waals surface area contributed by atoms with Crippen molar-refractivity contribution in [1.29, 1.82) is 0 Å². The van der Waals surface area contributed by atoms with Gasteiger partial charge >= 0.3 is 0 Å². The summed E-state index contributed by atoms with van der Waals surface area (Å²) >= 11 is 0. The van der Waals surface area contributed by atoms with Gasteiger partial charge in [-0.1, -0.05) is 13.3 Å². The van der Waals surface area contributed by atoms with E-state index in [-0.39, 0.29) is 4.90 Å². The Bertz CT molecular complexity index is 542. The Morgan fingerprint density at radius 2 is 2.17 bits per heavy atom. The zero-order valence-electron chi connectivity index (χ0n) is 10.5. The second-order valence-electron chi connectivity index (χ2n) is 4.77. The highest BCUT2D eigenvalue weighted by Crippen LogP contribution is 2.31. The summed E-state index contributed by atoms with van der Waals surface area (Å²) in [5.41, 5.74) is 7.29. The molecule has 2 rings (SSSR count). The zero-order valence-corrected chi connectivity index (χ0v) is 11.3. The van der Waals surface area contributed by atoms with E-state index in [9.17, 15) is 8.42 Å². The predicted octanol–water partition coefficient (Wildman–Crippen LogP) is 1.15. The second-order valence-corrected chi connectivity index (χ2v) is 6.34. The Hall–Kier alpha value is -1.27. The normalized spacial score (nSPS) is 20.3. The number of sulfonamides is 1. The average molecular weight is 269 g/mol. The van der Waals surface area contributed by atoms with Gasteiger partial charge in [0.15, 0.2) is 0 Å². The highest BCUT2D eigenvalue weighted by atomic mass is 32.2. The Kier molecular flexibility index (Phi) is 3.49. The lowest BCUT2D eigenvalue weighted by atomic mass is 10.1. The highest BCUT2D eigenvalue weighted by molar-refractivity contribution is 7.89. The quantitative estimate of drug-likeness (QED) is 0.806. The molecule has 0 radical (unpaired) electrons. The number of hydrogen-bond donors (Lipinski definition) is 2. The van der Waals surface area contributed by atoms with Gasteiger partial charge in [-0.2, -0.15) is 0 Å². The summed E-state index contributed by atoms with van der Waals surface area (Å²) in [6.07, 6.45) is 2.32. The van der Waals surface area contributed by atoms with E-state index >= 15 is 0 Å². The van der Waals surface area contributed by atoms with Gasteiger partial charge in [-0.15, -0.1) is 0 Å². The molecule has 1 aliphatic heterocycles. The largest absolute Gasteiger partial charge is 0.397 e. The van der Waals surface area contributed by atoms with E-state index in [4.69, 9.17) is 10.9 Å². The number of primary sulfonamides is 1. The van der Waals surface area contributed by atoms with E-state index in [1.165, 1.54) is 12.1 Å². The van der Waals surface area contributed by atoms with Gasteiger partial charge in [-0.3, -0.25) is 0 Å². The van der Waals surface area contributed by atoms with Crippen LogP contribution >= 0.6 is 0 Å². The third kappa shape index (κ3) is 2.59. The molecule has 1 fully saturated rings. The summed E-state index contributed by atoms with van der Waals surface area (Å²) in [7, 11) is -3.68. The molecule has 0 amide bonds. The molecule has 0 saturated carbocycles. The van der Waals surface area contributed by atoms with Crippen LogP contribution < -0.4 is 15.8 Å². The van der Waals surface area contributed by atoms with Gasteiger partial charge in [0.2, 0.25) is 10.0 Å². The van der Waals surface area contributed by atoms with Crippen LogP contribution in [-0.2, 0) is 10.0 Å². The van der Waals surface area contributed by atoms with Crippen LogP contribution in [0.15, 0.2) is 23.1 Å². The van der Waals surface area contributed by atoms with Crippen LogP contribution in [0.25, 0.3) is 0 Å². The number of nitrogens with two attached hydrogens (primary N) is 2. The molecule has 6 heteroatoms. The smallest absolute Gasteiger partial charge is 0.238 e. The van der Waals surface area contributed by atoms with Crippen LogP contribution in [0.5, 0.6) is 0 Å². The third-order valence-electron chi connectivity index (χ3n) is 3.53. The number of nitrogens with zero attached hydrogens (tertiary/aromatic N) is 1. The van der Waals surface area contributed by atoms with E-state index in [0.29, 0.717) is 11.6 Å². The molecule has 1 saturated heterocycles. The van der Waals surface area contributed by atoms with Crippen molar-refractivity contribution in [2.75, 3.05) is 23.7 Å². The standard InChI is InChI=1S/C12H19N3O2S/c1-2-9-5-6-15(8-9)12-4-3-10(7-11(12)13)18(14,16)17/h3-4,7,9H,2,5-6,8,13H2,1H3,(H2,14,16,17). The van der Waals surface area contributed by atoms with Gasteiger partial charge in [0.05, 0.1) is 16.3 Å². The molecule has 18 heavy (non-hydrogen) atoms. The van der Waals surface area contributed by atoms with Crippen molar-refractivity contribution in [1.82, 2.24) is 0 Å². The van der Waals surface area contributed by atoms with E-state index in [1.54, 1.807) is 6.07 Å². The molecular formula is C12H19N3O2S. The van der Waals surface area contributed by atoms with Gasteiger partial charge in [0.1, 0.15) is 0 Å². The molecule has 1 unspecified atom stereocenters. The zero-order chi connectivity index (χ0) is 13.3. The molecule has 100 valence electrons. The van der Waals surface area contributed by atoms with Crippen LogP contribution in [0.2, 0.25) is 0 Å². The van der Waals surface area contributed by atoms with Gasteiger partial charge in [-0.25, -0.2) is 13.6 Å². The van der Waals surface area contributed by atoms with Crippen LogP contribution in [0.3, 0.4) is 0 Å². The average Bonchev–Trinajstić information content (AvgIpc) is 2.76. The molecule has 1 atom stereocenters. The molecule has 0 bridgehead atoms. The van der Waals surface area contributed by atoms with Crippen molar-refractivity contribution in [3.8, 4) is 0 Å². The maximum Gasteiger partial charge on any atom is 0.238 e. The van der Waals surface area contributed by atoms with E-state index in [1.807, 2.05) is 0 Å². The molecule has 1 aliphatic rings. The van der Waals surface area contributed by atoms with Crippen LogP contribution in [0, 0.1) is 5.92 Å². The topological polar surface area (TPSA) is 89.4 Å². The molecule has 4 N–H and O–H groups in total. The Labute approximate surface area is 108 Å². The number of anilines is 2. The molecule has 0 spiro atoms. The second kappa shape index (κ2) is 4.78. The van der Waals surface area contributed by atoms with E-state index in [2.05, 4.69) is 11.8 Å². The van der Waals surface area contributed by atoms with Gasteiger partial charge < -0.3 is 10.6 Å². The SMILES string of the molecule is CCC1CCN(c2ccc(S(N)(=O)=O)cc2N)C1. The summed E-state index contributed by atoms with van der Waals surface area (Å²) in [6, 6.07) is 4.69. The minimum Gasteiger partial charge on any atom is -0.397 e. The number of nitrogen functional groups attached to an aromatic ring is 1. The van der Waals surface area contributed by atoms with Crippen molar-refractivity contribution < 1.29 is 8.42 Å². The first kappa shape index (κ1) is 13.2. The van der Waals surface area contributed by atoms with Crippen molar-refractivity contribution in [3.63, 3.8) is 0 Å². The number of benzene rings is 1. The summed E-state index contributed by atoms with van der Waals surface area (Å²) in [4.78, 5) is 2.27. The highest BCUT2D eigenvalue weighted by Gasteiger charge is 2.23. The van der Waals surface area contributed by atoms with Crippen molar-refractivity contribution in [2.45, 2.75) is 24.7 Å². The third-order valence-corrected chi connectivity index (χ3v) is 4.44. The van der Waals surface area contributed by atoms with Crippen molar-refractivity contribution in [2.24, 2.45) is 11.1 Å². The molecule has 5 nitrogen and oxygen atoms in total. The van der Waals surface area contributed by atoms with Crippen LogP contribution in [0.1, 0.15) is 19.8 Å². The van der Waals surface area contributed by atoms with Crippen LogP contribution in [0.4, 0.5) is 11.4 Å². The Morgan fingerprint density at radius 3 is 2.67 bits per heavy atom. The maximum absolute atomic E-state index is 11.2. The minimum absolute atomic E-state index is 0.0648. The molecule has 0 aromatic heterocycles. The van der Waals surface area contributed by atoms with Gasteiger partial charge in [-0.05, 0) is 30.5 Å². The number of hydrogen-bond acceptors (Lipinski definition) is 4. The van der Waals surface area contributed by atoms with E-state index in [0.717, 1.165) is 31.6 Å². The first-order valence-electron chi connectivity index (χ1n) is 6.09. The number of rotatable bonds is 3. The minimum atomic E-state index is -3.68. The van der Waals surface area contributed by atoms with Gasteiger partial charge in [0.25, 0.3) is 0 Å². The summed E-state index contributed by atoms with van der Waals surface area (Å²) in [5, 5.41) is 5.08. The fourth-order valence-corrected chi connectivity index (χ4v) is 2.93. The van der Waals surface area contributed by atoms with Crippen molar-refractivity contribution >= 4 is 21.4 Å². The monoisotopic (exact) mass is 269 g/mol. The maximum atomic E-state index is 11.2. The summed E-state index contributed by atoms with van der Waals surface area (Å²) in [5.74, 6) is 0.697. The van der Waals surface area contributed by atoms with Crippen molar-refractivity contribution in [3.05, 3.63) is 18.2 Å². The Morgan fingerprint density at radius 1 is 1.44 bits per heavy atom. The molecule has 1 heterocycles. The predicted molar refractivity (Wildman–Crippen MR) is 72.8 cm³/mol. The summed E-state index contributed by atoms with van der Waals surface area (Å²) < 4.78 is 22.4. The molecule has 0 aliphatic carbocycles. The lowest BCUT2D eigenvalue weighted by Crippen LogP contribution is -2.21. The fraction of sp³-hybridized carbons (Fsp3) is 0.500. The Balaban J connectivity index is 2.26.